The Morgan fingerprint density at radius 2 is 2.00 bits per heavy atom. The summed E-state index contributed by atoms with van der Waals surface area (Å²) in [5, 5.41) is 12.7. The summed E-state index contributed by atoms with van der Waals surface area (Å²) in [6, 6.07) is 7.81. The number of benzene rings is 1. The number of amides is 2. The number of urea groups is 1. The molecule has 2 amide bonds. The summed E-state index contributed by atoms with van der Waals surface area (Å²) in [5.74, 6) is 0.282. The number of phenolic OH excluding ortho intramolecular Hbond substituents is 1. The predicted molar refractivity (Wildman–Crippen MR) is 95.6 cm³/mol. The summed E-state index contributed by atoms with van der Waals surface area (Å²) in [4.78, 5) is 18.8. The van der Waals surface area contributed by atoms with Crippen LogP contribution in [0.5, 0.6) is 5.75 Å². The van der Waals surface area contributed by atoms with Crippen LogP contribution in [0.15, 0.2) is 24.3 Å². The number of hydrogen-bond donors (Lipinski definition) is 2. The van der Waals surface area contributed by atoms with E-state index in [1.165, 1.54) is 19.3 Å². The molecule has 0 radical (unpaired) electrons. The van der Waals surface area contributed by atoms with Gasteiger partial charge in [-0.1, -0.05) is 12.5 Å². The number of likely N-dealkylation sites (N-methyl/N-ethyl adjacent to an activating group) is 1. The molecule has 0 spiro atoms. The highest BCUT2D eigenvalue weighted by molar-refractivity contribution is 5.74. The molecular formula is C18H28N4O2. The first-order valence-corrected chi connectivity index (χ1v) is 8.90. The van der Waals surface area contributed by atoms with Crippen LogP contribution in [0.3, 0.4) is 0 Å². The molecule has 1 atom stereocenters. The number of aromatic hydroxyl groups is 1. The molecule has 132 valence electrons. The number of hydrogen-bond acceptors (Lipinski definition) is 4. The zero-order valence-corrected chi connectivity index (χ0v) is 14.4. The molecule has 0 saturated carbocycles. The maximum Gasteiger partial charge on any atom is 0.317 e. The van der Waals surface area contributed by atoms with Gasteiger partial charge in [0.2, 0.25) is 0 Å². The van der Waals surface area contributed by atoms with Gasteiger partial charge in [0.1, 0.15) is 5.75 Å². The molecule has 1 aromatic rings. The maximum absolute atomic E-state index is 12.4. The minimum atomic E-state index is 0.0459. The van der Waals surface area contributed by atoms with Crippen LogP contribution in [-0.4, -0.2) is 73.3 Å². The predicted octanol–water partition coefficient (Wildman–Crippen LogP) is 1.71. The van der Waals surface area contributed by atoms with Gasteiger partial charge in [-0.25, -0.2) is 4.79 Å². The number of piperazine rings is 1. The van der Waals surface area contributed by atoms with Gasteiger partial charge < -0.3 is 25.1 Å². The van der Waals surface area contributed by atoms with Crippen LogP contribution in [0.4, 0.5) is 10.5 Å². The number of phenols is 1. The van der Waals surface area contributed by atoms with Gasteiger partial charge in [0.05, 0.1) is 0 Å². The minimum absolute atomic E-state index is 0.0459. The zero-order valence-electron chi connectivity index (χ0n) is 14.4. The Hall–Kier alpha value is -1.95. The number of nitrogens with one attached hydrogen (secondary N) is 1. The molecule has 0 bridgehead atoms. The maximum atomic E-state index is 12.4. The quantitative estimate of drug-likeness (QED) is 0.885. The van der Waals surface area contributed by atoms with E-state index in [0.717, 1.165) is 31.9 Å². The van der Waals surface area contributed by atoms with Crippen LogP contribution in [-0.2, 0) is 0 Å². The minimum Gasteiger partial charge on any atom is -0.508 e. The largest absolute Gasteiger partial charge is 0.508 e. The lowest BCUT2D eigenvalue weighted by Gasteiger charge is -2.37. The summed E-state index contributed by atoms with van der Waals surface area (Å²) in [7, 11) is 2.14. The second-order valence-electron chi connectivity index (χ2n) is 6.81. The number of carbonyl (C=O) groups excluding carboxylic acids is 1. The Kier molecular flexibility index (Phi) is 5.45. The third kappa shape index (κ3) is 4.12. The molecule has 2 heterocycles. The first-order chi connectivity index (χ1) is 11.6. The van der Waals surface area contributed by atoms with Gasteiger partial charge in [0, 0.05) is 50.5 Å². The van der Waals surface area contributed by atoms with Crippen molar-refractivity contribution in [1.29, 1.82) is 0 Å². The van der Waals surface area contributed by atoms with Gasteiger partial charge in [0.15, 0.2) is 0 Å². The molecule has 2 N–H and O–H groups in total. The Bertz CT molecular complexity index is 558. The number of rotatable bonds is 3. The van der Waals surface area contributed by atoms with Gasteiger partial charge in [0.25, 0.3) is 0 Å². The highest BCUT2D eigenvalue weighted by Gasteiger charge is 2.23. The topological polar surface area (TPSA) is 59.1 Å². The van der Waals surface area contributed by atoms with Crippen molar-refractivity contribution in [3.63, 3.8) is 0 Å². The molecule has 2 fully saturated rings. The second kappa shape index (κ2) is 7.75. The van der Waals surface area contributed by atoms with Crippen molar-refractivity contribution in [2.24, 2.45) is 0 Å². The van der Waals surface area contributed by atoms with Crippen molar-refractivity contribution in [3.8, 4) is 5.75 Å². The number of anilines is 1. The summed E-state index contributed by atoms with van der Waals surface area (Å²) in [6.07, 6.45) is 3.69. The third-order valence-corrected chi connectivity index (χ3v) is 5.17. The molecule has 2 aliphatic rings. The van der Waals surface area contributed by atoms with Crippen molar-refractivity contribution in [1.82, 2.24) is 15.1 Å². The Labute approximate surface area is 144 Å². The van der Waals surface area contributed by atoms with E-state index in [4.69, 9.17) is 0 Å². The lowest BCUT2D eigenvalue weighted by molar-refractivity contribution is 0.167. The fourth-order valence-electron chi connectivity index (χ4n) is 3.58. The van der Waals surface area contributed by atoms with Crippen molar-refractivity contribution in [3.05, 3.63) is 24.3 Å². The van der Waals surface area contributed by atoms with Crippen LogP contribution in [0, 0.1) is 0 Å². The van der Waals surface area contributed by atoms with E-state index in [0.29, 0.717) is 19.1 Å². The van der Waals surface area contributed by atoms with E-state index >= 15 is 0 Å². The monoisotopic (exact) mass is 332 g/mol. The third-order valence-electron chi connectivity index (χ3n) is 5.17. The van der Waals surface area contributed by atoms with E-state index in [1.807, 2.05) is 17.0 Å². The van der Waals surface area contributed by atoms with Crippen molar-refractivity contribution >= 4 is 11.7 Å². The molecule has 1 aromatic carbocycles. The van der Waals surface area contributed by atoms with Gasteiger partial charge >= 0.3 is 6.03 Å². The molecule has 3 rings (SSSR count). The summed E-state index contributed by atoms with van der Waals surface area (Å²) >= 11 is 0. The molecule has 6 heteroatoms. The average Bonchev–Trinajstić information content (AvgIpc) is 2.61. The van der Waals surface area contributed by atoms with Crippen LogP contribution >= 0.6 is 0 Å². The summed E-state index contributed by atoms with van der Waals surface area (Å²) < 4.78 is 0. The second-order valence-corrected chi connectivity index (χ2v) is 6.81. The molecule has 0 aromatic heterocycles. The van der Waals surface area contributed by atoms with E-state index < -0.39 is 0 Å². The molecule has 0 unspecified atom stereocenters. The van der Waals surface area contributed by atoms with Crippen LogP contribution < -0.4 is 10.2 Å². The number of nitrogens with zero attached hydrogens (tertiary/aromatic N) is 3. The van der Waals surface area contributed by atoms with Crippen molar-refractivity contribution < 1.29 is 9.90 Å². The van der Waals surface area contributed by atoms with Gasteiger partial charge in [-0.2, -0.15) is 0 Å². The first-order valence-electron chi connectivity index (χ1n) is 8.90. The number of likely N-dealkylation sites (tertiary alicyclic amines) is 1. The molecule has 0 aliphatic carbocycles. The average molecular weight is 332 g/mol. The first kappa shape index (κ1) is 16.9. The zero-order chi connectivity index (χ0) is 16.9. The lowest BCUT2D eigenvalue weighted by Crippen LogP contribution is -2.54. The fourth-order valence-corrected chi connectivity index (χ4v) is 3.58. The highest BCUT2D eigenvalue weighted by Crippen LogP contribution is 2.21. The number of carbonyl (C=O) groups is 1. The van der Waals surface area contributed by atoms with Crippen LogP contribution in [0.1, 0.15) is 19.3 Å². The van der Waals surface area contributed by atoms with Crippen LogP contribution in [0.25, 0.3) is 0 Å². The smallest absolute Gasteiger partial charge is 0.317 e. The molecular weight excluding hydrogens is 304 g/mol. The summed E-state index contributed by atoms with van der Waals surface area (Å²) in [5.41, 5.74) is 1.01. The van der Waals surface area contributed by atoms with E-state index in [-0.39, 0.29) is 11.8 Å². The van der Waals surface area contributed by atoms with Gasteiger partial charge in [-0.15, -0.1) is 0 Å². The standard InChI is InChI=1S/C18H28N4O2/c1-20-8-3-2-5-16(20)14-19-18(24)22-11-9-21(10-12-22)15-6-4-7-17(23)13-15/h4,6-7,13,16,23H,2-3,5,8-12,14H2,1H3,(H,19,24)/t16-/m0/s1. The molecule has 24 heavy (non-hydrogen) atoms. The van der Waals surface area contributed by atoms with Gasteiger partial charge in [-0.05, 0) is 38.6 Å². The molecule has 2 aliphatic heterocycles. The summed E-state index contributed by atoms with van der Waals surface area (Å²) in [6.45, 7) is 4.87. The van der Waals surface area contributed by atoms with Crippen LogP contribution in [0.2, 0.25) is 0 Å². The number of piperidine rings is 1. The SMILES string of the molecule is CN1CCCC[C@H]1CNC(=O)N1CCN(c2cccc(O)c2)CC1. The van der Waals surface area contributed by atoms with E-state index in [2.05, 4.69) is 22.2 Å². The Morgan fingerprint density at radius 3 is 2.71 bits per heavy atom. The van der Waals surface area contributed by atoms with Crippen molar-refractivity contribution in [2.45, 2.75) is 25.3 Å². The lowest BCUT2D eigenvalue weighted by atomic mass is 10.0. The Morgan fingerprint density at radius 1 is 1.21 bits per heavy atom. The van der Waals surface area contributed by atoms with Gasteiger partial charge in [-0.3, -0.25) is 0 Å². The molecule has 2 saturated heterocycles. The van der Waals surface area contributed by atoms with E-state index in [9.17, 15) is 9.90 Å². The Balaban J connectivity index is 1.45. The molecule has 6 nitrogen and oxygen atoms in total. The normalized spacial score (nSPS) is 22.5. The highest BCUT2D eigenvalue weighted by atomic mass is 16.3. The van der Waals surface area contributed by atoms with E-state index in [1.54, 1.807) is 12.1 Å². The van der Waals surface area contributed by atoms with Crippen molar-refractivity contribution in [2.75, 3.05) is 51.2 Å². The fraction of sp³-hybridized carbons (Fsp3) is 0.611.